The van der Waals surface area contributed by atoms with Crippen molar-refractivity contribution in [3.63, 3.8) is 0 Å². The molecule has 2 aromatic carbocycles. The fraction of sp³-hybridized carbons (Fsp3) is 0.452. The highest BCUT2D eigenvalue weighted by atomic mass is 127. The van der Waals surface area contributed by atoms with Crippen LogP contribution in [0.3, 0.4) is 0 Å². The van der Waals surface area contributed by atoms with Gasteiger partial charge < -0.3 is 44.1 Å². The zero-order valence-electron chi connectivity index (χ0n) is 38.1. The van der Waals surface area contributed by atoms with E-state index in [-0.39, 0.29) is 35.6 Å². The maximum Gasteiger partial charge on any atom is 0.342 e. The average Bonchev–Trinajstić information content (AvgIpc) is 3.31. The number of esters is 5. The molecule has 2 aromatic heterocycles. The van der Waals surface area contributed by atoms with Crippen LogP contribution in [0.1, 0.15) is 60.2 Å². The number of benzene rings is 2. The predicted octanol–water partition coefficient (Wildman–Crippen LogP) is -0.148. The van der Waals surface area contributed by atoms with E-state index in [0.717, 1.165) is 0 Å². The number of phenolic OH excluding ortho intramolecular Hbond substituents is 2. The van der Waals surface area contributed by atoms with Gasteiger partial charge in [0.25, 0.3) is 0 Å². The molecule has 2 atom stereocenters. The van der Waals surface area contributed by atoms with Crippen LogP contribution in [0.2, 0.25) is 0 Å². The number of rotatable bonds is 25. The van der Waals surface area contributed by atoms with Gasteiger partial charge in [0.1, 0.15) is 55.2 Å². The summed E-state index contributed by atoms with van der Waals surface area (Å²) in [6.07, 6.45) is -4.08. The topological polar surface area (TPSA) is 344 Å². The van der Waals surface area contributed by atoms with Crippen molar-refractivity contribution in [1.82, 2.24) is 27.4 Å². The number of hydrogen-bond donors (Lipinski definition) is 4. The minimum Gasteiger partial charge on any atom is -0.506 e. The molecule has 4 N–H and O–H groups in total. The molecule has 0 amide bonds. The average molecular weight is 1460 g/mol. The van der Waals surface area contributed by atoms with Crippen molar-refractivity contribution in [2.45, 2.75) is 91.0 Å². The Bertz CT molecular complexity index is 3070. The quantitative estimate of drug-likeness (QED) is 0.0381. The van der Waals surface area contributed by atoms with Crippen molar-refractivity contribution in [3.8, 4) is 11.5 Å². The molecule has 0 radical (unpaired) electrons. The van der Waals surface area contributed by atoms with E-state index in [0.29, 0.717) is 41.7 Å². The molecule has 30 heteroatoms. The van der Waals surface area contributed by atoms with Gasteiger partial charge in [-0.15, -0.1) is 0 Å². The highest BCUT2D eigenvalue weighted by Crippen LogP contribution is 2.29. The molecule has 0 aliphatic carbocycles. The number of nitrogens with zero attached hydrogens (tertiary/aromatic N) is 6. The van der Waals surface area contributed by atoms with Crippen molar-refractivity contribution in [1.29, 1.82) is 0 Å². The number of carbonyl (C=O) groups is 5. The first-order valence-electron chi connectivity index (χ1n) is 21.4. The van der Waals surface area contributed by atoms with E-state index >= 15 is 0 Å². The number of ether oxygens (including phenoxy) is 5. The molecule has 0 aliphatic heterocycles. The van der Waals surface area contributed by atoms with Gasteiger partial charge in [-0.2, -0.15) is 0 Å². The Morgan fingerprint density at radius 2 is 0.875 bits per heavy atom. The second kappa shape index (κ2) is 27.9. The fourth-order valence-corrected chi connectivity index (χ4v) is 9.96. The van der Waals surface area contributed by atoms with Crippen LogP contribution in [-0.2, 0) is 77.3 Å². The Labute approximate surface area is 460 Å². The second-order valence-electron chi connectivity index (χ2n) is 15.3. The third-order valence-corrected chi connectivity index (χ3v) is 12.7. The van der Waals surface area contributed by atoms with E-state index < -0.39 is 161 Å². The smallest absolute Gasteiger partial charge is 0.342 e. The summed E-state index contributed by atoms with van der Waals surface area (Å²) >= 11 is 7.53. The molecule has 0 aliphatic rings. The SMILES string of the molecule is CC(O)COC(=O)CCn1c(=O)n(CCC(=O)OCCn2c(=O)n(CCCO)c(=O)n(CCOC(=O)c3cc(I)cc(I)c3O)c2=O)c(=O)n(CCC(=O)OCC(C)OC(=O)c2cc(I)cc(I)c2O)c1=O. The first-order chi connectivity index (χ1) is 34.0. The van der Waals surface area contributed by atoms with Gasteiger partial charge >= 0.3 is 64.0 Å². The molecule has 2 unspecified atom stereocenters. The van der Waals surface area contributed by atoms with Gasteiger partial charge in [-0.3, -0.25) is 14.4 Å². The summed E-state index contributed by atoms with van der Waals surface area (Å²) in [4.78, 5) is 144. The summed E-state index contributed by atoms with van der Waals surface area (Å²) < 4.78 is 31.0. The Hall–Kier alpha value is -4.95. The zero-order valence-corrected chi connectivity index (χ0v) is 46.7. The molecular weight excluding hydrogens is 1420 g/mol. The maximum atomic E-state index is 13.6. The Kier molecular flexibility index (Phi) is 23.1. The molecule has 0 fully saturated rings. The van der Waals surface area contributed by atoms with Crippen molar-refractivity contribution < 1.29 is 68.1 Å². The second-order valence-corrected chi connectivity index (χ2v) is 20.1. The summed E-state index contributed by atoms with van der Waals surface area (Å²) in [5, 5.41) is 39.5. The molecule has 0 bridgehead atoms. The monoisotopic (exact) mass is 1460 g/mol. The Morgan fingerprint density at radius 3 is 1.29 bits per heavy atom. The van der Waals surface area contributed by atoms with Crippen molar-refractivity contribution in [3.05, 3.63) is 113 Å². The van der Waals surface area contributed by atoms with Gasteiger partial charge in [-0.1, -0.05) is 0 Å². The first-order valence-corrected chi connectivity index (χ1v) is 25.7. The van der Waals surface area contributed by atoms with Crippen LogP contribution in [-0.4, -0.2) is 123 Å². The molecule has 392 valence electrons. The number of aliphatic hydroxyl groups is 2. The number of phenols is 2. The van der Waals surface area contributed by atoms with Crippen molar-refractivity contribution >= 4 is 120 Å². The lowest BCUT2D eigenvalue weighted by molar-refractivity contribution is -0.147. The van der Waals surface area contributed by atoms with E-state index in [2.05, 4.69) is 0 Å². The molecule has 2 heterocycles. The van der Waals surface area contributed by atoms with Gasteiger partial charge in [-0.05, 0) is 135 Å². The highest BCUT2D eigenvalue weighted by molar-refractivity contribution is 14.1. The standard InChI is InChI=1S/C42H46I4N6O20/c1-22(54)20-70-31(56)5-9-49-39(64)48(40(65)50(41(49)66)10-6-32(57)71-21-23(2)72-36(61)27-17-25(44)19-29(46)34(27)59)8-4-30(55)68-14-11-51-37(62)47(7-3-13-53)38(63)52(42(51)67)12-15-69-35(60)26-16-24(43)18-28(45)33(26)58/h16-19,22-23,53-54,58-59H,3-15,20-21H2,1-2H3. The largest absolute Gasteiger partial charge is 0.506 e. The third-order valence-electron chi connectivity index (χ3n) is 9.82. The predicted molar refractivity (Wildman–Crippen MR) is 281 cm³/mol. The maximum absolute atomic E-state index is 13.6. The molecular formula is C42H46I4N6O20. The molecule has 0 saturated carbocycles. The third kappa shape index (κ3) is 16.3. The number of aromatic nitrogens is 6. The Balaban J connectivity index is 1.48. The van der Waals surface area contributed by atoms with E-state index in [1.807, 2.05) is 90.4 Å². The normalized spacial score (nSPS) is 11.9. The highest BCUT2D eigenvalue weighted by Gasteiger charge is 2.23. The lowest BCUT2D eigenvalue weighted by atomic mass is 10.2. The minimum atomic E-state index is -1.28. The summed E-state index contributed by atoms with van der Waals surface area (Å²) in [5.74, 6) is -5.49. The van der Waals surface area contributed by atoms with Crippen LogP contribution in [0, 0.1) is 14.3 Å². The Morgan fingerprint density at radius 1 is 0.514 bits per heavy atom. The lowest BCUT2D eigenvalue weighted by Gasteiger charge is -2.16. The van der Waals surface area contributed by atoms with Gasteiger partial charge in [-0.25, -0.2) is 65.8 Å². The van der Waals surface area contributed by atoms with Crippen molar-refractivity contribution in [2.24, 2.45) is 0 Å². The molecule has 72 heavy (non-hydrogen) atoms. The van der Waals surface area contributed by atoms with Gasteiger partial charge in [0.15, 0.2) is 0 Å². The van der Waals surface area contributed by atoms with Crippen LogP contribution >= 0.6 is 90.4 Å². The van der Waals surface area contributed by atoms with Crippen LogP contribution in [0.25, 0.3) is 0 Å². The lowest BCUT2D eigenvalue weighted by Crippen LogP contribution is -2.55. The van der Waals surface area contributed by atoms with E-state index in [4.69, 9.17) is 23.7 Å². The van der Waals surface area contributed by atoms with Crippen LogP contribution in [0.5, 0.6) is 11.5 Å². The first kappa shape index (κ1) is 59.6. The summed E-state index contributed by atoms with van der Waals surface area (Å²) in [6, 6.07) is 6.00. The van der Waals surface area contributed by atoms with Crippen LogP contribution in [0.15, 0.2) is 53.0 Å². The molecule has 0 spiro atoms. The number of carbonyl (C=O) groups excluding carboxylic acids is 5. The van der Waals surface area contributed by atoms with Gasteiger partial charge in [0.2, 0.25) is 0 Å². The van der Waals surface area contributed by atoms with Crippen LogP contribution in [0.4, 0.5) is 0 Å². The van der Waals surface area contributed by atoms with Gasteiger partial charge in [0.05, 0.1) is 45.6 Å². The van der Waals surface area contributed by atoms with Crippen LogP contribution < -0.4 is 34.1 Å². The number of hydrogen-bond acceptors (Lipinski definition) is 20. The van der Waals surface area contributed by atoms with E-state index in [1.54, 1.807) is 12.1 Å². The fourth-order valence-electron chi connectivity index (χ4n) is 6.27. The molecule has 4 aromatic rings. The number of aromatic hydroxyl groups is 2. The van der Waals surface area contributed by atoms with E-state index in [9.17, 15) is 73.2 Å². The van der Waals surface area contributed by atoms with E-state index in [1.165, 1.54) is 26.0 Å². The number of aliphatic hydroxyl groups excluding tert-OH is 2. The van der Waals surface area contributed by atoms with Gasteiger partial charge in [0, 0.05) is 39.9 Å². The molecule has 4 rings (SSSR count). The molecule has 0 saturated heterocycles. The summed E-state index contributed by atoms with van der Waals surface area (Å²) in [6.45, 7) is -3.38. The minimum absolute atomic E-state index is 0.0760. The summed E-state index contributed by atoms with van der Waals surface area (Å²) in [5.41, 5.74) is -7.48. The summed E-state index contributed by atoms with van der Waals surface area (Å²) in [7, 11) is 0. The molecule has 26 nitrogen and oxygen atoms in total. The number of halogens is 4. The zero-order chi connectivity index (χ0) is 53.6. The van der Waals surface area contributed by atoms with Crippen molar-refractivity contribution in [2.75, 3.05) is 33.0 Å².